The summed E-state index contributed by atoms with van der Waals surface area (Å²) in [5.74, 6) is 1.49. The van der Waals surface area contributed by atoms with E-state index in [1.54, 1.807) is 6.07 Å². The summed E-state index contributed by atoms with van der Waals surface area (Å²) in [5, 5.41) is 14.0. The average Bonchev–Trinajstić information content (AvgIpc) is 3.08. The molecule has 6 nitrogen and oxygen atoms in total. The summed E-state index contributed by atoms with van der Waals surface area (Å²) in [6.45, 7) is 0.917. The predicted octanol–water partition coefficient (Wildman–Crippen LogP) is 4.06. The van der Waals surface area contributed by atoms with Gasteiger partial charge in [0.1, 0.15) is 11.6 Å². The first kappa shape index (κ1) is 16.3. The Bertz CT molecular complexity index is 935. The van der Waals surface area contributed by atoms with Gasteiger partial charge in [-0.1, -0.05) is 12.1 Å². The number of fused-ring (bicyclic) bond motifs is 1. The lowest BCUT2D eigenvalue weighted by atomic mass is 10.1. The van der Waals surface area contributed by atoms with Crippen LogP contribution in [0.4, 0.5) is 20.6 Å². The molecule has 0 saturated heterocycles. The number of benzene rings is 2. The molecule has 7 heteroatoms. The molecule has 0 saturated carbocycles. The highest BCUT2D eigenvalue weighted by atomic mass is 19.1. The Labute approximate surface area is 150 Å². The minimum absolute atomic E-state index is 0.347. The van der Waals surface area contributed by atoms with Gasteiger partial charge in [0.25, 0.3) is 0 Å². The number of rotatable bonds is 3. The lowest BCUT2D eigenvalue weighted by Gasteiger charge is -2.15. The molecule has 2 N–H and O–H groups in total. The lowest BCUT2D eigenvalue weighted by Crippen LogP contribution is -2.19. The van der Waals surface area contributed by atoms with E-state index in [0.29, 0.717) is 11.4 Å². The van der Waals surface area contributed by atoms with Crippen LogP contribution in [-0.2, 0) is 13.0 Å². The third-order valence-corrected chi connectivity index (χ3v) is 4.34. The van der Waals surface area contributed by atoms with Crippen molar-refractivity contribution < 1.29 is 9.18 Å². The zero-order chi connectivity index (χ0) is 17.9. The highest BCUT2D eigenvalue weighted by Crippen LogP contribution is 2.25. The summed E-state index contributed by atoms with van der Waals surface area (Å²) < 4.78 is 15.1. The van der Waals surface area contributed by atoms with Crippen molar-refractivity contribution in [2.45, 2.75) is 25.8 Å². The van der Waals surface area contributed by atoms with Crippen LogP contribution in [0.3, 0.4) is 0 Å². The number of halogens is 1. The van der Waals surface area contributed by atoms with E-state index in [0.717, 1.165) is 43.0 Å². The second kappa shape index (κ2) is 6.95. The number of carbonyl (C=O) groups excluding carboxylic acids is 1. The number of carbonyl (C=O) groups is 1. The molecule has 4 rings (SSSR count). The maximum atomic E-state index is 12.9. The van der Waals surface area contributed by atoms with Crippen LogP contribution in [0.5, 0.6) is 0 Å². The summed E-state index contributed by atoms with van der Waals surface area (Å²) in [5.41, 5.74) is 2.08. The van der Waals surface area contributed by atoms with E-state index >= 15 is 0 Å². The molecule has 0 radical (unpaired) electrons. The topological polar surface area (TPSA) is 71.8 Å². The van der Waals surface area contributed by atoms with Crippen LogP contribution in [-0.4, -0.2) is 20.8 Å². The third kappa shape index (κ3) is 3.42. The standard InChI is InChI=1S/C19H18FN5O/c20-14-7-9-15(10-8-14)21-19(26)22-16-5-3-4-13(12-16)18-24-23-17-6-1-2-11-25(17)18/h3-5,7-10,12H,1-2,6,11H2,(H2,21,22,26). The Kier molecular flexibility index (Phi) is 4.35. The van der Waals surface area contributed by atoms with Crippen LogP contribution >= 0.6 is 0 Å². The van der Waals surface area contributed by atoms with Crippen molar-refractivity contribution in [1.82, 2.24) is 14.8 Å². The molecule has 0 fully saturated rings. The van der Waals surface area contributed by atoms with Crippen LogP contribution < -0.4 is 10.6 Å². The van der Waals surface area contributed by atoms with Gasteiger partial charge >= 0.3 is 6.03 Å². The summed E-state index contributed by atoms with van der Waals surface area (Å²) >= 11 is 0. The molecule has 3 aromatic rings. The fraction of sp³-hybridized carbons (Fsp3) is 0.211. The number of aromatic nitrogens is 3. The van der Waals surface area contributed by atoms with Crippen LogP contribution in [0.1, 0.15) is 18.7 Å². The van der Waals surface area contributed by atoms with Crippen LogP contribution in [0.2, 0.25) is 0 Å². The predicted molar refractivity (Wildman–Crippen MR) is 97.4 cm³/mol. The molecule has 2 aromatic carbocycles. The van der Waals surface area contributed by atoms with E-state index in [2.05, 4.69) is 25.4 Å². The molecule has 2 heterocycles. The van der Waals surface area contributed by atoms with Crippen molar-refractivity contribution in [3.8, 4) is 11.4 Å². The number of hydrogen-bond acceptors (Lipinski definition) is 3. The molecule has 26 heavy (non-hydrogen) atoms. The van der Waals surface area contributed by atoms with Gasteiger partial charge in [-0.25, -0.2) is 9.18 Å². The zero-order valence-corrected chi connectivity index (χ0v) is 14.1. The maximum absolute atomic E-state index is 12.9. The highest BCUT2D eigenvalue weighted by molar-refractivity contribution is 6.00. The van der Waals surface area contributed by atoms with E-state index in [-0.39, 0.29) is 5.82 Å². The molecular formula is C19H18FN5O. The number of urea groups is 1. The van der Waals surface area contributed by atoms with Crippen molar-refractivity contribution in [3.05, 3.63) is 60.2 Å². The quantitative estimate of drug-likeness (QED) is 0.747. The van der Waals surface area contributed by atoms with Gasteiger partial charge < -0.3 is 15.2 Å². The molecule has 2 amide bonds. The third-order valence-electron chi connectivity index (χ3n) is 4.34. The first-order valence-electron chi connectivity index (χ1n) is 8.55. The molecule has 1 aliphatic rings. The highest BCUT2D eigenvalue weighted by Gasteiger charge is 2.17. The summed E-state index contributed by atoms with van der Waals surface area (Å²) in [4.78, 5) is 12.1. The Hall–Kier alpha value is -3.22. The van der Waals surface area contributed by atoms with Crippen molar-refractivity contribution in [3.63, 3.8) is 0 Å². The van der Waals surface area contributed by atoms with E-state index in [4.69, 9.17) is 0 Å². The largest absolute Gasteiger partial charge is 0.323 e. The smallest absolute Gasteiger partial charge is 0.311 e. The van der Waals surface area contributed by atoms with Crippen molar-refractivity contribution in [1.29, 1.82) is 0 Å². The summed E-state index contributed by atoms with van der Waals surface area (Å²) in [6, 6.07) is 12.7. The van der Waals surface area contributed by atoms with Gasteiger partial charge in [-0.15, -0.1) is 10.2 Å². The van der Waals surface area contributed by atoms with Gasteiger partial charge in [-0.3, -0.25) is 0 Å². The van der Waals surface area contributed by atoms with Gasteiger partial charge in [0.05, 0.1) is 0 Å². The molecule has 0 unspecified atom stereocenters. The van der Waals surface area contributed by atoms with Crippen LogP contribution in [0.15, 0.2) is 48.5 Å². The van der Waals surface area contributed by atoms with Crippen LogP contribution in [0.25, 0.3) is 11.4 Å². The molecular weight excluding hydrogens is 333 g/mol. The summed E-state index contributed by atoms with van der Waals surface area (Å²) in [6.07, 6.45) is 3.21. The van der Waals surface area contributed by atoms with E-state index in [1.165, 1.54) is 24.3 Å². The normalized spacial score (nSPS) is 13.1. The second-order valence-corrected chi connectivity index (χ2v) is 6.22. The molecule has 132 valence electrons. The molecule has 1 aromatic heterocycles. The van der Waals surface area contributed by atoms with Gasteiger partial charge in [-0.05, 0) is 49.2 Å². The minimum Gasteiger partial charge on any atom is -0.311 e. The Morgan fingerprint density at radius 2 is 1.81 bits per heavy atom. The monoisotopic (exact) mass is 351 g/mol. The Morgan fingerprint density at radius 3 is 2.65 bits per heavy atom. The fourth-order valence-electron chi connectivity index (χ4n) is 3.08. The van der Waals surface area contributed by atoms with Crippen LogP contribution in [0, 0.1) is 5.82 Å². The van der Waals surface area contributed by atoms with Gasteiger partial charge in [-0.2, -0.15) is 0 Å². The number of amides is 2. The van der Waals surface area contributed by atoms with E-state index < -0.39 is 6.03 Å². The van der Waals surface area contributed by atoms with Crippen molar-refractivity contribution in [2.24, 2.45) is 0 Å². The summed E-state index contributed by atoms with van der Waals surface area (Å²) in [7, 11) is 0. The number of nitrogens with zero attached hydrogens (tertiary/aromatic N) is 3. The fourth-order valence-corrected chi connectivity index (χ4v) is 3.08. The van der Waals surface area contributed by atoms with Crippen molar-refractivity contribution >= 4 is 17.4 Å². The SMILES string of the molecule is O=C(Nc1ccc(F)cc1)Nc1cccc(-c2nnc3n2CCCC3)c1. The maximum Gasteiger partial charge on any atom is 0.323 e. The number of aryl methyl sites for hydroxylation is 1. The van der Waals surface area contributed by atoms with E-state index in [1.807, 2.05) is 18.2 Å². The Balaban J connectivity index is 1.50. The first-order valence-corrected chi connectivity index (χ1v) is 8.55. The van der Waals surface area contributed by atoms with Gasteiger partial charge in [0, 0.05) is 29.9 Å². The van der Waals surface area contributed by atoms with Gasteiger partial charge in [0.2, 0.25) is 0 Å². The average molecular weight is 351 g/mol. The zero-order valence-electron chi connectivity index (χ0n) is 14.1. The molecule has 0 spiro atoms. The number of nitrogens with one attached hydrogen (secondary N) is 2. The minimum atomic E-state index is -0.392. The number of hydrogen-bond donors (Lipinski definition) is 2. The van der Waals surface area contributed by atoms with E-state index in [9.17, 15) is 9.18 Å². The molecule has 0 aliphatic carbocycles. The number of anilines is 2. The second-order valence-electron chi connectivity index (χ2n) is 6.22. The first-order chi connectivity index (χ1) is 12.7. The molecule has 1 aliphatic heterocycles. The Morgan fingerprint density at radius 1 is 1.00 bits per heavy atom. The van der Waals surface area contributed by atoms with Gasteiger partial charge in [0.15, 0.2) is 5.82 Å². The molecule has 0 atom stereocenters. The van der Waals surface area contributed by atoms with Crippen molar-refractivity contribution in [2.75, 3.05) is 10.6 Å². The molecule has 0 bridgehead atoms. The lowest BCUT2D eigenvalue weighted by molar-refractivity contribution is 0.262.